The first kappa shape index (κ1) is 11.6. The van der Waals surface area contributed by atoms with Gasteiger partial charge in [-0.3, -0.25) is 0 Å². The molecule has 0 saturated heterocycles. The first-order valence-corrected chi connectivity index (χ1v) is 7.01. The lowest BCUT2D eigenvalue weighted by atomic mass is 10.2. The quantitative estimate of drug-likeness (QED) is 0.694. The fourth-order valence-corrected chi connectivity index (χ4v) is 2.90. The van der Waals surface area contributed by atoms with Crippen LogP contribution in [-0.4, -0.2) is 4.57 Å². The van der Waals surface area contributed by atoms with Crippen LogP contribution in [0.3, 0.4) is 0 Å². The molecule has 3 aromatic rings. The van der Waals surface area contributed by atoms with Gasteiger partial charge in [-0.25, -0.2) is 0 Å². The number of hydrogen-bond acceptors (Lipinski definition) is 1. The number of nitrogens with zero attached hydrogens (tertiary/aromatic N) is 1. The molecule has 0 bridgehead atoms. The molecule has 4 rings (SSSR count). The van der Waals surface area contributed by atoms with E-state index < -0.39 is 0 Å². The fraction of sp³-hybridized carbons (Fsp3) is 0.0588. The van der Waals surface area contributed by atoms with E-state index in [-0.39, 0.29) is 0 Å². The number of halogens is 1. The van der Waals surface area contributed by atoms with Gasteiger partial charge < -0.3 is 9.88 Å². The van der Waals surface area contributed by atoms with Gasteiger partial charge in [0.25, 0.3) is 0 Å². The number of allylic oxidation sites excluding steroid dienone is 1. The van der Waals surface area contributed by atoms with E-state index in [4.69, 9.17) is 11.6 Å². The van der Waals surface area contributed by atoms with Gasteiger partial charge in [-0.1, -0.05) is 35.9 Å². The molecule has 0 spiro atoms. The van der Waals surface area contributed by atoms with Crippen molar-refractivity contribution in [2.45, 2.75) is 6.54 Å². The molecule has 1 aliphatic rings. The van der Waals surface area contributed by atoms with Gasteiger partial charge >= 0.3 is 0 Å². The first-order valence-electron chi connectivity index (χ1n) is 6.63. The van der Waals surface area contributed by atoms with Crippen LogP contribution < -0.4 is 5.32 Å². The number of fused-ring (bicyclic) bond motifs is 3. The van der Waals surface area contributed by atoms with Crippen molar-refractivity contribution in [3.8, 4) is 0 Å². The highest BCUT2D eigenvalue weighted by molar-refractivity contribution is 6.30. The number of anilines is 2. The van der Waals surface area contributed by atoms with Gasteiger partial charge in [-0.15, -0.1) is 0 Å². The molecular formula is C17H13ClN2. The lowest BCUT2D eigenvalue weighted by Crippen LogP contribution is -1.94. The summed E-state index contributed by atoms with van der Waals surface area (Å²) >= 11 is 5.94. The van der Waals surface area contributed by atoms with Crippen LogP contribution in [0, 0.1) is 0 Å². The summed E-state index contributed by atoms with van der Waals surface area (Å²) in [5.41, 5.74) is 4.72. The summed E-state index contributed by atoms with van der Waals surface area (Å²) in [5, 5.41) is 5.53. The zero-order valence-corrected chi connectivity index (χ0v) is 11.6. The Labute approximate surface area is 122 Å². The van der Waals surface area contributed by atoms with Crippen LogP contribution in [0.2, 0.25) is 5.02 Å². The van der Waals surface area contributed by atoms with Crippen LogP contribution in [0.15, 0.2) is 54.6 Å². The molecule has 0 saturated carbocycles. The maximum absolute atomic E-state index is 5.94. The van der Waals surface area contributed by atoms with E-state index in [2.05, 4.69) is 46.3 Å². The van der Waals surface area contributed by atoms with Crippen LogP contribution in [0.1, 0.15) is 5.69 Å². The number of rotatable bonds is 2. The Kier molecular flexibility index (Phi) is 2.57. The molecule has 0 fully saturated rings. The summed E-state index contributed by atoms with van der Waals surface area (Å²) in [4.78, 5) is 0. The van der Waals surface area contributed by atoms with E-state index in [9.17, 15) is 0 Å². The van der Waals surface area contributed by atoms with E-state index in [1.807, 2.05) is 24.3 Å². The van der Waals surface area contributed by atoms with E-state index in [0.29, 0.717) is 0 Å². The molecule has 98 valence electrons. The van der Waals surface area contributed by atoms with Crippen molar-refractivity contribution in [1.29, 1.82) is 0 Å². The molecule has 1 aromatic heterocycles. The SMILES string of the molecule is Clc1ccc(Nc2c3n(c4ccccc24)CC=C3)cc1. The van der Waals surface area contributed by atoms with E-state index in [0.717, 1.165) is 22.9 Å². The van der Waals surface area contributed by atoms with Gasteiger partial charge in [-0.2, -0.15) is 0 Å². The van der Waals surface area contributed by atoms with Crippen LogP contribution in [0.5, 0.6) is 0 Å². The Morgan fingerprint density at radius 1 is 1.00 bits per heavy atom. The van der Waals surface area contributed by atoms with Crippen molar-refractivity contribution in [3.63, 3.8) is 0 Å². The Bertz CT molecular complexity index is 813. The molecule has 1 N–H and O–H groups in total. The van der Waals surface area contributed by atoms with Crippen LogP contribution in [-0.2, 0) is 6.54 Å². The number of nitrogens with one attached hydrogen (secondary N) is 1. The molecule has 0 unspecified atom stereocenters. The standard InChI is InChI=1S/C17H13ClN2/c18-12-7-9-13(10-8-12)19-17-14-4-1-2-5-15(14)20-11-3-6-16(17)20/h1-10,19H,11H2. The van der Waals surface area contributed by atoms with Gasteiger partial charge in [0, 0.05) is 22.6 Å². The van der Waals surface area contributed by atoms with Crippen molar-refractivity contribution in [1.82, 2.24) is 4.57 Å². The van der Waals surface area contributed by atoms with Crippen molar-refractivity contribution in [2.24, 2.45) is 0 Å². The van der Waals surface area contributed by atoms with Gasteiger partial charge in [0.05, 0.1) is 16.9 Å². The Hall–Kier alpha value is -2.19. The van der Waals surface area contributed by atoms with E-state index in [1.54, 1.807) is 0 Å². The van der Waals surface area contributed by atoms with Gasteiger partial charge in [0.1, 0.15) is 0 Å². The number of para-hydroxylation sites is 1. The molecule has 0 aliphatic carbocycles. The second-order valence-corrected chi connectivity index (χ2v) is 5.36. The lowest BCUT2D eigenvalue weighted by Gasteiger charge is -2.07. The highest BCUT2D eigenvalue weighted by Gasteiger charge is 2.17. The zero-order chi connectivity index (χ0) is 13.5. The van der Waals surface area contributed by atoms with Crippen LogP contribution >= 0.6 is 11.6 Å². The number of aromatic nitrogens is 1. The lowest BCUT2D eigenvalue weighted by molar-refractivity contribution is 0.883. The predicted molar refractivity (Wildman–Crippen MR) is 85.7 cm³/mol. The number of hydrogen-bond donors (Lipinski definition) is 1. The summed E-state index contributed by atoms with van der Waals surface area (Å²) in [7, 11) is 0. The second kappa shape index (κ2) is 4.43. The van der Waals surface area contributed by atoms with Crippen LogP contribution in [0.4, 0.5) is 11.4 Å². The average molecular weight is 281 g/mol. The topological polar surface area (TPSA) is 17.0 Å². The first-order chi connectivity index (χ1) is 9.83. The Morgan fingerprint density at radius 3 is 2.65 bits per heavy atom. The van der Waals surface area contributed by atoms with E-state index in [1.165, 1.54) is 16.6 Å². The van der Waals surface area contributed by atoms with Gasteiger partial charge in [0.15, 0.2) is 0 Å². The molecule has 2 heterocycles. The monoisotopic (exact) mass is 280 g/mol. The highest BCUT2D eigenvalue weighted by atomic mass is 35.5. The summed E-state index contributed by atoms with van der Waals surface area (Å²) in [6.07, 6.45) is 4.37. The maximum Gasteiger partial charge on any atom is 0.0720 e. The third-order valence-corrected chi connectivity index (χ3v) is 3.94. The second-order valence-electron chi connectivity index (χ2n) is 4.92. The highest BCUT2D eigenvalue weighted by Crippen LogP contribution is 2.36. The molecule has 1 aliphatic heterocycles. The summed E-state index contributed by atoms with van der Waals surface area (Å²) in [5.74, 6) is 0. The van der Waals surface area contributed by atoms with Crippen molar-refractivity contribution < 1.29 is 0 Å². The maximum atomic E-state index is 5.94. The summed E-state index contributed by atoms with van der Waals surface area (Å²) in [6, 6.07) is 16.3. The molecule has 0 amide bonds. The van der Waals surface area contributed by atoms with Gasteiger partial charge in [0.2, 0.25) is 0 Å². The fourth-order valence-electron chi connectivity index (χ4n) is 2.77. The van der Waals surface area contributed by atoms with E-state index >= 15 is 0 Å². The Morgan fingerprint density at radius 2 is 1.80 bits per heavy atom. The summed E-state index contributed by atoms with van der Waals surface area (Å²) < 4.78 is 2.33. The smallest absolute Gasteiger partial charge is 0.0720 e. The molecule has 20 heavy (non-hydrogen) atoms. The average Bonchev–Trinajstić information content (AvgIpc) is 3.05. The largest absolute Gasteiger partial charge is 0.353 e. The molecule has 2 aromatic carbocycles. The minimum Gasteiger partial charge on any atom is -0.353 e. The molecule has 0 radical (unpaired) electrons. The molecule has 2 nitrogen and oxygen atoms in total. The van der Waals surface area contributed by atoms with Crippen LogP contribution in [0.25, 0.3) is 17.0 Å². The normalized spacial score (nSPS) is 12.8. The summed E-state index contributed by atoms with van der Waals surface area (Å²) in [6.45, 7) is 0.943. The molecule has 3 heteroatoms. The molecule has 0 atom stereocenters. The third-order valence-electron chi connectivity index (χ3n) is 3.69. The minimum absolute atomic E-state index is 0.752. The third kappa shape index (κ3) is 1.73. The van der Waals surface area contributed by atoms with Crippen molar-refractivity contribution in [2.75, 3.05) is 5.32 Å². The molecular weight excluding hydrogens is 268 g/mol. The zero-order valence-electron chi connectivity index (χ0n) is 10.8. The van der Waals surface area contributed by atoms with Crippen molar-refractivity contribution in [3.05, 3.63) is 65.3 Å². The van der Waals surface area contributed by atoms with Crippen molar-refractivity contribution >= 4 is 40.0 Å². The minimum atomic E-state index is 0.752. The predicted octanol–water partition coefficient (Wildman–Crippen LogP) is 5.07. The Balaban J connectivity index is 1.87. The van der Waals surface area contributed by atoms with Gasteiger partial charge in [-0.05, 0) is 36.4 Å². The number of benzene rings is 2.